The van der Waals surface area contributed by atoms with Crippen LogP contribution in [-0.4, -0.2) is 5.24 Å². The van der Waals surface area contributed by atoms with Gasteiger partial charge in [-0.3, -0.25) is 4.79 Å². The first-order valence-electron chi connectivity index (χ1n) is 2.80. The molecule has 4 heteroatoms. The van der Waals surface area contributed by atoms with Gasteiger partial charge < -0.3 is 4.42 Å². The van der Waals surface area contributed by atoms with Gasteiger partial charge in [0.25, 0.3) is 0 Å². The van der Waals surface area contributed by atoms with E-state index in [9.17, 15) is 4.79 Å². The molecule has 0 fully saturated rings. The smallest absolute Gasteiger partial charge is 0.245 e. The molecule has 0 unspecified atom stereocenters. The number of rotatable bonds is 2. The highest BCUT2D eigenvalue weighted by Gasteiger charge is 1.98. The van der Waals surface area contributed by atoms with Crippen LogP contribution in [0.3, 0.4) is 0 Å². The maximum absolute atomic E-state index is 10.2. The molecular weight excluding hydrogens is 187 g/mol. The van der Waals surface area contributed by atoms with Crippen LogP contribution in [0.5, 0.6) is 0 Å². The fourth-order valence-electron chi connectivity index (χ4n) is 0.566. The summed E-state index contributed by atoms with van der Waals surface area (Å²) in [5, 5.41) is -0.100. The van der Waals surface area contributed by atoms with Crippen molar-refractivity contribution in [3.05, 3.63) is 29.2 Å². The predicted molar refractivity (Wildman–Crippen MR) is 43.6 cm³/mol. The van der Waals surface area contributed by atoms with Crippen molar-refractivity contribution >= 4 is 34.5 Å². The van der Waals surface area contributed by atoms with E-state index in [4.69, 9.17) is 27.6 Å². The van der Waals surface area contributed by atoms with Crippen molar-refractivity contribution < 1.29 is 9.21 Å². The Morgan fingerprint density at radius 1 is 1.64 bits per heavy atom. The molecule has 0 spiro atoms. The molecule has 0 aliphatic carbocycles. The van der Waals surface area contributed by atoms with Gasteiger partial charge >= 0.3 is 0 Å². The molecule has 0 saturated carbocycles. The van der Waals surface area contributed by atoms with E-state index < -0.39 is 5.24 Å². The van der Waals surface area contributed by atoms with Crippen LogP contribution in [0.1, 0.15) is 5.76 Å². The van der Waals surface area contributed by atoms with Gasteiger partial charge in [-0.25, -0.2) is 0 Å². The van der Waals surface area contributed by atoms with Gasteiger partial charge in [0.15, 0.2) is 0 Å². The van der Waals surface area contributed by atoms with Crippen LogP contribution in [0.25, 0.3) is 6.08 Å². The van der Waals surface area contributed by atoms with E-state index in [0.29, 0.717) is 10.8 Å². The minimum absolute atomic E-state index is 0.431. The molecule has 58 valence electrons. The quantitative estimate of drug-likeness (QED) is 0.531. The third kappa shape index (κ3) is 2.41. The lowest BCUT2D eigenvalue weighted by Crippen LogP contribution is -1.74. The molecule has 0 radical (unpaired) electrons. The molecule has 1 aromatic heterocycles. The van der Waals surface area contributed by atoms with Crippen molar-refractivity contribution in [1.29, 1.82) is 0 Å². The molecule has 0 aromatic carbocycles. The third-order valence-electron chi connectivity index (χ3n) is 1.01. The monoisotopic (exact) mass is 190 g/mol. The van der Waals surface area contributed by atoms with Gasteiger partial charge in [-0.05, 0) is 23.7 Å². The van der Waals surface area contributed by atoms with Crippen molar-refractivity contribution in [2.75, 3.05) is 0 Å². The molecular formula is C7H4Cl2O2. The van der Waals surface area contributed by atoms with Crippen molar-refractivity contribution in [2.45, 2.75) is 0 Å². The number of carbonyl (C=O) groups is 1. The number of hydrogen-bond acceptors (Lipinski definition) is 2. The Kier molecular flexibility index (Phi) is 2.74. The standard InChI is InChI=1S/C7H4Cl2O2/c8-5-3-4-11-6(5)1-2-7(9)10/h1-4H. The number of allylic oxidation sites excluding steroid dienone is 1. The summed E-state index contributed by atoms with van der Waals surface area (Å²) < 4.78 is 4.89. The fourth-order valence-corrected chi connectivity index (χ4v) is 0.788. The second-order valence-corrected chi connectivity index (χ2v) is 2.55. The Balaban J connectivity index is 2.79. The van der Waals surface area contributed by atoms with Gasteiger partial charge in [-0.15, -0.1) is 0 Å². The second-order valence-electron chi connectivity index (χ2n) is 1.77. The molecule has 2 nitrogen and oxygen atoms in total. The maximum atomic E-state index is 10.2. The summed E-state index contributed by atoms with van der Waals surface area (Å²) in [5.74, 6) is 0.431. The van der Waals surface area contributed by atoms with Crippen LogP contribution in [0, 0.1) is 0 Å². The van der Waals surface area contributed by atoms with Crippen LogP contribution < -0.4 is 0 Å². The summed E-state index contributed by atoms with van der Waals surface area (Å²) in [6, 6.07) is 1.58. The van der Waals surface area contributed by atoms with Gasteiger partial charge in [-0.2, -0.15) is 0 Å². The third-order valence-corrected chi connectivity index (χ3v) is 1.45. The topological polar surface area (TPSA) is 30.2 Å². The number of carbonyl (C=O) groups excluding carboxylic acids is 1. The van der Waals surface area contributed by atoms with E-state index in [1.165, 1.54) is 18.4 Å². The number of hydrogen-bond donors (Lipinski definition) is 0. The molecule has 0 saturated heterocycles. The van der Waals surface area contributed by atoms with E-state index in [-0.39, 0.29) is 0 Å². The zero-order chi connectivity index (χ0) is 8.27. The van der Waals surface area contributed by atoms with Crippen LogP contribution in [0.4, 0.5) is 0 Å². The van der Waals surface area contributed by atoms with Crippen LogP contribution in [-0.2, 0) is 4.79 Å². The number of halogens is 2. The Labute approximate surface area is 73.4 Å². The Hall–Kier alpha value is -0.730. The first kappa shape index (κ1) is 8.37. The van der Waals surface area contributed by atoms with Crippen molar-refractivity contribution in [1.82, 2.24) is 0 Å². The second kappa shape index (κ2) is 3.60. The first-order valence-corrected chi connectivity index (χ1v) is 3.56. The normalized spacial score (nSPS) is 10.7. The van der Waals surface area contributed by atoms with Crippen molar-refractivity contribution in [3.8, 4) is 0 Å². The lowest BCUT2D eigenvalue weighted by molar-refractivity contribution is -0.107. The summed E-state index contributed by atoms with van der Waals surface area (Å²) in [6.45, 7) is 0. The lowest BCUT2D eigenvalue weighted by atomic mass is 10.4. The van der Waals surface area contributed by atoms with E-state index in [1.54, 1.807) is 6.07 Å². The molecule has 1 heterocycles. The lowest BCUT2D eigenvalue weighted by Gasteiger charge is -1.83. The highest BCUT2D eigenvalue weighted by Crippen LogP contribution is 2.17. The largest absolute Gasteiger partial charge is 0.463 e. The molecule has 0 aliphatic rings. The molecule has 11 heavy (non-hydrogen) atoms. The number of furan rings is 1. The average Bonchev–Trinajstić information content (AvgIpc) is 2.31. The van der Waals surface area contributed by atoms with Gasteiger partial charge in [-0.1, -0.05) is 11.6 Å². The summed E-state index contributed by atoms with van der Waals surface area (Å²) in [6.07, 6.45) is 4.02. The molecule has 0 aliphatic heterocycles. The first-order chi connectivity index (χ1) is 5.20. The Morgan fingerprint density at radius 2 is 2.36 bits per heavy atom. The van der Waals surface area contributed by atoms with E-state index in [1.807, 2.05) is 0 Å². The van der Waals surface area contributed by atoms with Gasteiger partial charge in [0.2, 0.25) is 5.24 Å². The highest BCUT2D eigenvalue weighted by atomic mass is 35.5. The highest BCUT2D eigenvalue weighted by molar-refractivity contribution is 6.66. The Bertz CT molecular complexity index is 288. The minimum atomic E-state index is -0.558. The molecule has 1 rings (SSSR count). The van der Waals surface area contributed by atoms with Crippen molar-refractivity contribution in [2.24, 2.45) is 0 Å². The molecule has 0 bridgehead atoms. The molecule has 0 N–H and O–H groups in total. The van der Waals surface area contributed by atoms with Crippen LogP contribution in [0.15, 0.2) is 22.8 Å². The van der Waals surface area contributed by atoms with Gasteiger partial charge in [0, 0.05) is 6.08 Å². The van der Waals surface area contributed by atoms with E-state index >= 15 is 0 Å². The maximum Gasteiger partial charge on any atom is 0.245 e. The molecule has 0 amide bonds. The average molecular weight is 191 g/mol. The van der Waals surface area contributed by atoms with E-state index in [2.05, 4.69) is 0 Å². The van der Waals surface area contributed by atoms with Crippen LogP contribution >= 0.6 is 23.2 Å². The van der Waals surface area contributed by atoms with E-state index in [0.717, 1.165) is 0 Å². The molecule has 1 aromatic rings. The van der Waals surface area contributed by atoms with Gasteiger partial charge in [0.05, 0.1) is 11.3 Å². The fraction of sp³-hybridized carbons (Fsp3) is 0. The van der Waals surface area contributed by atoms with Crippen LogP contribution in [0.2, 0.25) is 5.02 Å². The summed E-state index contributed by atoms with van der Waals surface area (Å²) in [4.78, 5) is 10.2. The summed E-state index contributed by atoms with van der Waals surface area (Å²) >= 11 is 10.7. The van der Waals surface area contributed by atoms with Crippen molar-refractivity contribution in [3.63, 3.8) is 0 Å². The molecule has 0 atom stereocenters. The minimum Gasteiger partial charge on any atom is -0.463 e. The zero-order valence-corrected chi connectivity index (χ0v) is 6.89. The Morgan fingerprint density at radius 3 is 2.82 bits per heavy atom. The summed E-state index contributed by atoms with van der Waals surface area (Å²) in [5.41, 5.74) is 0. The van der Waals surface area contributed by atoms with Gasteiger partial charge in [0.1, 0.15) is 5.76 Å². The summed E-state index contributed by atoms with van der Waals surface area (Å²) in [7, 11) is 0. The SMILES string of the molecule is O=C(Cl)C=Cc1occc1Cl. The zero-order valence-electron chi connectivity index (χ0n) is 5.38. The predicted octanol–water partition coefficient (Wildman–Crippen LogP) is 2.71.